The van der Waals surface area contributed by atoms with Gasteiger partial charge in [-0.15, -0.1) is 0 Å². The number of hydrogen-bond donors (Lipinski definition) is 1. The van der Waals surface area contributed by atoms with Gasteiger partial charge in [0.05, 0.1) is 6.10 Å². The molecule has 0 saturated heterocycles. The van der Waals surface area contributed by atoms with Crippen LogP contribution >= 0.6 is 0 Å². The van der Waals surface area contributed by atoms with Crippen molar-refractivity contribution >= 4 is 0 Å². The van der Waals surface area contributed by atoms with E-state index in [-0.39, 0.29) is 6.04 Å². The highest BCUT2D eigenvalue weighted by Gasteiger charge is 2.25. The number of rotatable bonds is 4. The fourth-order valence-corrected chi connectivity index (χ4v) is 2.87. The molecular formula is C17H27NO. The first-order valence-electron chi connectivity index (χ1n) is 7.55. The van der Waals surface area contributed by atoms with Crippen LogP contribution in [0.15, 0.2) is 24.3 Å². The van der Waals surface area contributed by atoms with E-state index in [0.717, 1.165) is 24.0 Å². The van der Waals surface area contributed by atoms with Gasteiger partial charge < -0.3 is 10.5 Å². The molecule has 1 aliphatic carbocycles. The van der Waals surface area contributed by atoms with Gasteiger partial charge in [-0.25, -0.2) is 0 Å². The van der Waals surface area contributed by atoms with Crippen molar-refractivity contribution in [2.75, 3.05) is 0 Å². The summed E-state index contributed by atoms with van der Waals surface area (Å²) >= 11 is 0. The Balaban J connectivity index is 1.89. The van der Waals surface area contributed by atoms with Gasteiger partial charge >= 0.3 is 0 Å². The maximum atomic E-state index is 6.10. The topological polar surface area (TPSA) is 35.2 Å². The van der Waals surface area contributed by atoms with Crippen molar-refractivity contribution in [3.8, 4) is 5.75 Å². The molecule has 2 N–H and O–H groups in total. The molecule has 0 spiro atoms. The Morgan fingerprint density at radius 2 is 1.84 bits per heavy atom. The van der Waals surface area contributed by atoms with Crippen molar-refractivity contribution < 1.29 is 4.74 Å². The molecule has 4 unspecified atom stereocenters. The van der Waals surface area contributed by atoms with Crippen LogP contribution in [0, 0.1) is 11.8 Å². The molecule has 1 aromatic rings. The molecule has 1 aliphatic rings. The maximum absolute atomic E-state index is 6.10. The molecule has 2 nitrogen and oxygen atoms in total. The average molecular weight is 261 g/mol. The number of benzene rings is 1. The second-order valence-corrected chi connectivity index (χ2v) is 6.33. The van der Waals surface area contributed by atoms with Crippen LogP contribution in [0.1, 0.15) is 45.6 Å². The second kappa shape index (κ2) is 6.42. The molecule has 1 aromatic carbocycles. The summed E-state index contributed by atoms with van der Waals surface area (Å²) in [5, 5.41) is 0. The highest BCUT2D eigenvalue weighted by Crippen LogP contribution is 2.31. The minimum atomic E-state index is 0.215. The third-order valence-electron chi connectivity index (χ3n) is 4.33. The van der Waals surface area contributed by atoms with Crippen molar-refractivity contribution in [3.63, 3.8) is 0 Å². The van der Waals surface area contributed by atoms with Crippen LogP contribution in [0.3, 0.4) is 0 Å². The minimum absolute atomic E-state index is 0.215. The van der Waals surface area contributed by atoms with Crippen LogP contribution in [0.4, 0.5) is 0 Å². The van der Waals surface area contributed by atoms with Crippen LogP contribution in [-0.4, -0.2) is 12.1 Å². The third-order valence-corrected chi connectivity index (χ3v) is 4.33. The smallest absolute Gasteiger partial charge is 0.119 e. The second-order valence-electron chi connectivity index (χ2n) is 6.33. The molecular weight excluding hydrogens is 234 g/mol. The number of ether oxygens (including phenoxy) is 1. The summed E-state index contributed by atoms with van der Waals surface area (Å²) in [6, 6.07) is 8.65. The van der Waals surface area contributed by atoms with Gasteiger partial charge in [0.25, 0.3) is 0 Å². The summed E-state index contributed by atoms with van der Waals surface area (Å²) in [7, 11) is 0. The van der Waals surface area contributed by atoms with E-state index in [9.17, 15) is 0 Å². The molecule has 2 heteroatoms. The summed E-state index contributed by atoms with van der Waals surface area (Å²) in [5.41, 5.74) is 7.09. The monoisotopic (exact) mass is 261 g/mol. The van der Waals surface area contributed by atoms with Crippen LogP contribution in [-0.2, 0) is 6.42 Å². The minimum Gasteiger partial charge on any atom is -0.490 e. The molecule has 1 saturated carbocycles. The van der Waals surface area contributed by atoms with E-state index >= 15 is 0 Å². The first-order chi connectivity index (χ1) is 9.04. The predicted octanol–water partition coefficient (Wildman–Crippen LogP) is 3.78. The van der Waals surface area contributed by atoms with Crippen molar-refractivity contribution in [1.29, 1.82) is 0 Å². The van der Waals surface area contributed by atoms with Crippen LogP contribution in [0.25, 0.3) is 0 Å². The molecule has 0 bridgehead atoms. The van der Waals surface area contributed by atoms with Gasteiger partial charge in [0.2, 0.25) is 0 Å². The molecule has 0 aliphatic heterocycles. The molecule has 0 amide bonds. The summed E-state index contributed by atoms with van der Waals surface area (Å²) in [6.07, 6.45) is 4.98. The number of nitrogens with two attached hydrogens (primary N) is 1. The van der Waals surface area contributed by atoms with Gasteiger partial charge in [0.1, 0.15) is 5.75 Å². The zero-order valence-electron chi connectivity index (χ0n) is 12.4. The van der Waals surface area contributed by atoms with Gasteiger partial charge in [-0.1, -0.05) is 26.0 Å². The van der Waals surface area contributed by atoms with Crippen LogP contribution in [0.5, 0.6) is 5.75 Å². The van der Waals surface area contributed by atoms with Gasteiger partial charge in [-0.2, -0.15) is 0 Å². The normalized spacial score (nSPS) is 28.9. The first kappa shape index (κ1) is 14.4. The van der Waals surface area contributed by atoms with Gasteiger partial charge in [0, 0.05) is 6.04 Å². The van der Waals surface area contributed by atoms with E-state index < -0.39 is 0 Å². The summed E-state index contributed by atoms with van der Waals surface area (Å²) in [5.74, 6) is 2.62. The van der Waals surface area contributed by atoms with E-state index in [2.05, 4.69) is 38.1 Å². The molecule has 106 valence electrons. The van der Waals surface area contributed by atoms with Crippen molar-refractivity contribution in [2.45, 2.75) is 58.6 Å². The van der Waals surface area contributed by atoms with Crippen molar-refractivity contribution in [2.24, 2.45) is 17.6 Å². The Bertz CT molecular complexity index is 385. The van der Waals surface area contributed by atoms with Crippen molar-refractivity contribution in [1.82, 2.24) is 0 Å². The zero-order chi connectivity index (χ0) is 13.8. The van der Waals surface area contributed by atoms with E-state index in [1.807, 2.05) is 6.92 Å². The standard InChI is InChI=1S/C17H27NO/c1-12-4-7-17(10-13(12)2)19-16-8-5-15(6-9-16)11-14(3)18/h5-6,8-9,12-14,17H,4,7,10-11,18H2,1-3H3. The van der Waals surface area contributed by atoms with Gasteiger partial charge in [0.15, 0.2) is 0 Å². The SMILES string of the molecule is CC(N)Cc1ccc(OC2CCC(C)C(C)C2)cc1. The van der Waals surface area contributed by atoms with Crippen molar-refractivity contribution in [3.05, 3.63) is 29.8 Å². The quantitative estimate of drug-likeness (QED) is 0.895. The number of hydrogen-bond acceptors (Lipinski definition) is 2. The average Bonchev–Trinajstić information content (AvgIpc) is 2.36. The van der Waals surface area contributed by atoms with E-state index in [1.165, 1.54) is 24.8 Å². The fraction of sp³-hybridized carbons (Fsp3) is 0.647. The molecule has 0 aromatic heterocycles. The van der Waals surface area contributed by atoms with Gasteiger partial charge in [-0.05, 0) is 62.1 Å². The van der Waals surface area contributed by atoms with E-state index in [0.29, 0.717) is 6.10 Å². The molecule has 19 heavy (non-hydrogen) atoms. The largest absolute Gasteiger partial charge is 0.490 e. The molecule has 0 heterocycles. The fourth-order valence-electron chi connectivity index (χ4n) is 2.87. The third kappa shape index (κ3) is 4.24. The molecule has 2 rings (SSSR count). The molecule has 4 atom stereocenters. The Labute approximate surface area is 117 Å². The predicted molar refractivity (Wildman–Crippen MR) is 80.4 cm³/mol. The Hall–Kier alpha value is -1.02. The van der Waals surface area contributed by atoms with Crippen LogP contribution in [0.2, 0.25) is 0 Å². The lowest BCUT2D eigenvalue weighted by molar-refractivity contribution is 0.101. The summed E-state index contributed by atoms with van der Waals surface area (Å²) < 4.78 is 6.10. The maximum Gasteiger partial charge on any atom is 0.119 e. The molecule has 0 radical (unpaired) electrons. The van der Waals surface area contributed by atoms with Gasteiger partial charge in [-0.3, -0.25) is 0 Å². The zero-order valence-corrected chi connectivity index (χ0v) is 12.4. The summed E-state index contributed by atoms with van der Waals surface area (Å²) in [4.78, 5) is 0. The Morgan fingerprint density at radius 1 is 1.16 bits per heavy atom. The lowest BCUT2D eigenvalue weighted by Crippen LogP contribution is -2.28. The Morgan fingerprint density at radius 3 is 2.42 bits per heavy atom. The highest BCUT2D eigenvalue weighted by molar-refractivity contribution is 5.28. The van der Waals surface area contributed by atoms with E-state index in [1.54, 1.807) is 0 Å². The molecule has 1 fully saturated rings. The first-order valence-corrected chi connectivity index (χ1v) is 7.55. The van der Waals surface area contributed by atoms with E-state index in [4.69, 9.17) is 10.5 Å². The summed E-state index contributed by atoms with van der Waals surface area (Å²) in [6.45, 7) is 6.73. The lowest BCUT2D eigenvalue weighted by atomic mass is 9.80. The highest BCUT2D eigenvalue weighted by atomic mass is 16.5. The van der Waals surface area contributed by atoms with Crippen LogP contribution < -0.4 is 10.5 Å². The Kier molecular flexibility index (Phi) is 4.87. The lowest BCUT2D eigenvalue weighted by Gasteiger charge is -2.32.